The maximum Gasteiger partial charge on any atom is 0.251 e. The van der Waals surface area contributed by atoms with E-state index < -0.39 is 0 Å². The quantitative estimate of drug-likeness (QED) is 0.855. The molecule has 3 heteroatoms. The van der Waals surface area contributed by atoms with Crippen LogP contribution in [0.15, 0.2) is 54.6 Å². The second-order valence-corrected chi connectivity index (χ2v) is 5.38. The first-order chi connectivity index (χ1) is 10.1. The van der Waals surface area contributed by atoms with Crippen molar-refractivity contribution in [1.29, 1.82) is 0 Å². The number of carbonyl (C=O) groups is 2. The number of benzene rings is 2. The van der Waals surface area contributed by atoms with Crippen molar-refractivity contribution in [1.82, 2.24) is 5.32 Å². The average molecular weight is 281 g/mol. The van der Waals surface area contributed by atoms with Gasteiger partial charge >= 0.3 is 0 Å². The van der Waals surface area contributed by atoms with Crippen LogP contribution in [0.1, 0.15) is 40.1 Å². The molecule has 0 saturated carbocycles. The van der Waals surface area contributed by atoms with Gasteiger partial charge in [0.1, 0.15) is 0 Å². The molecule has 2 aromatic rings. The summed E-state index contributed by atoms with van der Waals surface area (Å²) in [6, 6.07) is 15.9. The molecule has 0 aromatic heterocycles. The zero-order valence-corrected chi connectivity index (χ0v) is 12.3. The molecule has 0 aliphatic heterocycles. The summed E-state index contributed by atoms with van der Waals surface area (Å²) >= 11 is 0. The number of nitrogens with one attached hydrogen (secondary N) is 1. The summed E-state index contributed by atoms with van der Waals surface area (Å²) in [4.78, 5) is 24.1. The molecule has 108 valence electrons. The van der Waals surface area contributed by atoms with Gasteiger partial charge in [-0.25, -0.2) is 0 Å². The molecule has 0 unspecified atom stereocenters. The largest absolute Gasteiger partial charge is 0.352 e. The van der Waals surface area contributed by atoms with Crippen molar-refractivity contribution in [2.24, 2.45) is 5.92 Å². The van der Waals surface area contributed by atoms with Gasteiger partial charge < -0.3 is 5.32 Å². The Morgan fingerprint density at radius 3 is 1.95 bits per heavy atom. The van der Waals surface area contributed by atoms with E-state index in [-0.39, 0.29) is 11.7 Å². The molecule has 2 rings (SSSR count). The molecule has 21 heavy (non-hydrogen) atoms. The zero-order valence-electron chi connectivity index (χ0n) is 12.3. The second kappa shape index (κ2) is 6.84. The Bertz CT molecular complexity index is 615. The van der Waals surface area contributed by atoms with Crippen LogP contribution in [-0.2, 0) is 0 Å². The lowest BCUT2D eigenvalue weighted by molar-refractivity contribution is 0.0947. The highest BCUT2D eigenvalue weighted by molar-refractivity contribution is 6.09. The van der Waals surface area contributed by atoms with E-state index in [1.807, 2.05) is 32.0 Å². The standard InChI is InChI=1S/C18H19NO2/c1-13(2)12-19-18(21)16-10-8-15(9-11-16)17(20)14-6-4-3-5-7-14/h3-11,13H,12H2,1-2H3,(H,19,21). The van der Waals surface area contributed by atoms with Crippen LogP contribution in [0.4, 0.5) is 0 Å². The number of amides is 1. The predicted octanol–water partition coefficient (Wildman–Crippen LogP) is 3.30. The van der Waals surface area contributed by atoms with E-state index in [1.54, 1.807) is 36.4 Å². The second-order valence-electron chi connectivity index (χ2n) is 5.38. The Hall–Kier alpha value is -2.42. The van der Waals surface area contributed by atoms with E-state index in [4.69, 9.17) is 0 Å². The molecule has 0 aliphatic rings. The lowest BCUT2D eigenvalue weighted by atomic mass is 10.0. The lowest BCUT2D eigenvalue weighted by Crippen LogP contribution is -2.27. The van der Waals surface area contributed by atoms with Crippen LogP contribution in [0, 0.1) is 5.92 Å². The highest BCUT2D eigenvalue weighted by Crippen LogP contribution is 2.11. The number of hydrogen-bond donors (Lipinski definition) is 1. The third-order valence-electron chi connectivity index (χ3n) is 3.12. The van der Waals surface area contributed by atoms with E-state index in [9.17, 15) is 9.59 Å². The Morgan fingerprint density at radius 1 is 0.857 bits per heavy atom. The molecular weight excluding hydrogens is 262 g/mol. The third kappa shape index (κ3) is 4.02. The van der Waals surface area contributed by atoms with Gasteiger partial charge in [-0.15, -0.1) is 0 Å². The first-order valence-electron chi connectivity index (χ1n) is 7.06. The van der Waals surface area contributed by atoms with E-state index in [0.29, 0.717) is 29.2 Å². The van der Waals surface area contributed by atoms with Crippen LogP contribution in [0.2, 0.25) is 0 Å². The van der Waals surface area contributed by atoms with Gasteiger partial charge in [0.2, 0.25) is 0 Å². The van der Waals surface area contributed by atoms with E-state index in [2.05, 4.69) is 5.32 Å². The molecule has 0 fully saturated rings. The maximum absolute atomic E-state index is 12.2. The monoisotopic (exact) mass is 281 g/mol. The number of ketones is 1. The van der Waals surface area contributed by atoms with Crippen LogP contribution in [0.5, 0.6) is 0 Å². The molecule has 1 N–H and O–H groups in total. The van der Waals surface area contributed by atoms with Crippen LogP contribution < -0.4 is 5.32 Å². The predicted molar refractivity (Wildman–Crippen MR) is 83.5 cm³/mol. The van der Waals surface area contributed by atoms with E-state index in [0.717, 1.165) is 0 Å². The minimum absolute atomic E-state index is 0.0373. The molecular formula is C18H19NO2. The van der Waals surface area contributed by atoms with Gasteiger partial charge in [0, 0.05) is 23.2 Å². The minimum atomic E-state index is -0.109. The summed E-state index contributed by atoms with van der Waals surface area (Å²) in [5.74, 6) is 0.264. The molecule has 0 spiro atoms. The molecule has 0 aliphatic carbocycles. The Kier molecular flexibility index (Phi) is 4.88. The smallest absolute Gasteiger partial charge is 0.251 e. The molecule has 0 radical (unpaired) electrons. The van der Waals surface area contributed by atoms with Gasteiger partial charge in [-0.1, -0.05) is 56.3 Å². The van der Waals surface area contributed by atoms with Crippen molar-refractivity contribution in [2.45, 2.75) is 13.8 Å². The van der Waals surface area contributed by atoms with Crippen LogP contribution in [0.3, 0.4) is 0 Å². The van der Waals surface area contributed by atoms with Crippen LogP contribution in [-0.4, -0.2) is 18.2 Å². The van der Waals surface area contributed by atoms with Gasteiger partial charge in [0.25, 0.3) is 5.91 Å². The lowest BCUT2D eigenvalue weighted by Gasteiger charge is -2.08. The Labute approximate surface area is 125 Å². The van der Waals surface area contributed by atoms with Crippen LogP contribution in [0.25, 0.3) is 0 Å². The summed E-state index contributed by atoms with van der Waals surface area (Å²) in [5.41, 5.74) is 1.80. The Balaban J connectivity index is 2.09. The van der Waals surface area contributed by atoms with E-state index >= 15 is 0 Å². The number of carbonyl (C=O) groups excluding carboxylic acids is 2. The van der Waals surface area contributed by atoms with Gasteiger partial charge in [-0.05, 0) is 18.1 Å². The van der Waals surface area contributed by atoms with E-state index in [1.165, 1.54) is 0 Å². The summed E-state index contributed by atoms with van der Waals surface area (Å²) < 4.78 is 0. The third-order valence-corrected chi connectivity index (χ3v) is 3.12. The minimum Gasteiger partial charge on any atom is -0.352 e. The van der Waals surface area contributed by atoms with Gasteiger partial charge in [0.05, 0.1) is 0 Å². The van der Waals surface area contributed by atoms with Crippen molar-refractivity contribution in [3.8, 4) is 0 Å². The fourth-order valence-electron chi connectivity index (χ4n) is 1.93. The fourth-order valence-corrected chi connectivity index (χ4v) is 1.93. The molecule has 3 nitrogen and oxygen atoms in total. The highest BCUT2D eigenvalue weighted by Gasteiger charge is 2.10. The average Bonchev–Trinajstić information content (AvgIpc) is 2.53. The normalized spacial score (nSPS) is 10.4. The summed E-state index contributed by atoms with van der Waals surface area (Å²) in [6.45, 7) is 4.73. The zero-order chi connectivity index (χ0) is 15.2. The highest BCUT2D eigenvalue weighted by atomic mass is 16.1. The first kappa shape index (κ1) is 15.0. The fraction of sp³-hybridized carbons (Fsp3) is 0.222. The SMILES string of the molecule is CC(C)CNC(=O)c1ccc(C(=O)c2ccccc2)cc1. The van der Waals surface area contributed by atoms with Gasteiger partial charge in [-0.3, -0.25) is 9.59 Å². The topological polar surface area (TPSA) is 46.2 Å². The molecule has 0 atom stereocenters. The van der Waals surface area contributed by atoms with Crippen LogP contribution >= 0.6 is 0 Å². The first-order valence-corrected chi connectivity index (χ1v) is 7.06. The van der Waals surface area contributed by atoms with Crippen molar-refractivity contribution in [2.75, 3.05) is 6.54 Å². The number of hydrogen-bond acceptors (Lipinski definition) is 2. The molecule has 2 aromatic carbocycles. The summed E-state index contributed by atoms with van der Waals surface area (Å²) in [5, 5.41) is 2.85. The van der Waals surface area contributed by atoms with Crippen molar-refractivity contribution >= 4 is 11.7 Å². The number of rotatable bonds is 5. The molecule has 0 saturated heterocycles. The van der Waals surface area contributed by atoms with Gasteiger partial charge in [-0.2, -0.15) is 0 Å². The molecule has 0 heterocycles. The van der Waals surface area contributed by atoms with Gasteiger partial charge in [0.15, 0.2) is 5.78 Å². The molecule has 0 bridgehead atoms. The maximum atomic E-state index is 12.2. The molecule has 1 amide bonds. The van der Waals surface area contributed by atoms with Crippen molar-refractivity contribution in [3.05, 3.63) is 71.3 Å². The summed E-state index contributed by atoms with van der Waals surface area (Å²) in [7, 11) is 0. The van der Waals surface area contributed by atoms with Crippen molar-refractivity contribution in [3.63, 3.8) is 0 Å². The summed E-state index contributed by atoms with van der Waals surface area (Å²) in [6.07, 6.45) is 0. The van der Waals surface area contributed by atoms with Crippen molar-refractivity contribution < 1.29 is 9.59 Å². The Morgan fingerprint density at radius 2 is 1.38 bits per heavy atom.